The Morgan fingerprint density at radius 3 is 2.19 bits per heavy atom. The lowest BCUT2D eigenvalue weighted by atomic mass is 9.97. The molecule has 0 N–H and O–H groups in total. The van der Waals surface area contributed by atoms with Gasteiger partial charge >= 0.3 is 0 Å². The van der Waals surface area contributed by atoms with E-state index in [1.165, 1.54) is 0 Å². The number of ketones is 1. The van der Waals surface area contributed by atoms with Crippen LogP contribution < -0.4 is 9.47 Å². The molecule has 3 heteroatoms. The van der Waals surface area contributed by atoms with Gasteiger partial charge in [-0.3, -0.25) is 4.79 Å². The van der Waals surface area contributed by atoms with Gasteiger partial charge in [-0.1, -0.05) is 0 Å². The Morgan fingerprint density at radius 1 is 1.12 bits per heavy atom. The summed E-state index contributed by atoms with van der Waals surface area (Å²) in [5.74, 6) is 2.26. The fraction of sp³-hybridized carbons (Fsp3) is 0.462. The molecule has 0 bridgehead atoms. The van der Waals surface area contributed by atoms with Crippen LogP contribution in [0.25, 0.3) is 0 Å². The average molecular weight is 220 g/mol. The molecule has 1 fully saturated rings. The SMILES string of the molecule is COc1cc(OC)cc(C2CCC(=O)C2)c1. The average Bonchev–Trinajstić information content (AvgIpc) is 2.75. The number of carbonyl (C=O) groups excluding carboxylic acids is 1. The van der Waals surface area contributed by atoms with E-state index >= 15 is 0 Å². The van der Waals surface area contributed by atoms with Crippen molar-refractivity contribution in [2.75, 3.05) is 14.2 Å². The van der Waals surface area contributed by atoms with Crippen LogP contribution in [-0.4, -0.2) is 20.0 Å². The third kappa shape index (κ3) is 2.18. The van der Waals surface area contributed by atoms with E-state index in [2.05, 4.69) is 0 Å². The first kappa shape index (κ1) is 11.0. The molecule has 1 unspecified atom stereocenters. The molecule has 0 amide bonds. The number of ether oxygens (including phenoxy) is 2. The van der Waals surface area contributed by atoms with Crippen molar-refractivity contribution in [2.45, 2.75) is 25.2 Å². The van der Waals surface area contributed by atoms with Crippen molar-refractivity contribution in [3.05, 3.63) is 23.8 Å². The molecule has 1 aromatic carbocycles. The molecule has 0 saturated heterocycles. The van der Waals surface area contributed by atoms with E-state index in [4.69, 9.17) is 9.47 Å². The van der Waals surface area contributed by atoms with Gasteiger partial charge in [0, 0.05) is 18.9 Å². The zero-order chi connectivity index (χ0) is 11.5. The van der Waals surface area contributed by atoms with Crippen LogP contribution in [-0.2, 0) is 4.79 Å². The third-order valence-corrected chi connectivity index (χ3v) is 3.09. The highest BCUT2D eigenvalue weighted by Gasteiger charge is 2.24. The van der Waals surface area contributed by atoms with Gasteiger partial charge in [-0.25, -0.2) is 0 Å². The standard InChI is InChI=1S/C13H16O3/c1-15-12-6-10(7-13(8-12)16-2)9-3-4-11(14)5-9/h6-9H,3-5H2,1-2H3. The van der Waals surface area contributed by atoms with Gasteiger partial charge in [-0.05, 0) is 30.0 Å². The highest BCUT2D eigenvalue weighted by atomic mass is 16.5. The lowest BCUT2D eigenvalue weighted by molar-refractivity contribution is -0.117. The molecule has 1 aliphatic carbocycles. The van der Waals surface area contributed by atoms with Crippen molar-refractivity contribution in [1.29, 1.82) is 0 Å². The van der Waals surface area contributed by atoms with Gasteiger partial charge in [0.1, 0.15) is 17.3 Å². The van der Waals surface area contributed by atoms with Crippen LogP contribution in [0.4, 0.5) is 0 Å². The zero-order valence-electron chi connectivity index (χ0n) is 9.66. The van der Waals surface area contributed by atoms with E-state index in [0.29, 0.717) is 24.5 Å². The second kappa shape index (κ2) is 4.56. The molecule has 16 heavy (non-hydrogen) atoms. The van der Waals surface area contributed by atoms with E-state index in [1.807, 2.05) is 18.2 Å². The summed E-state index contributed by atoms with van der Waals surface area (Å²) >= 11 is 0. The topological polar surface area (TPSA) is 35.5 Å². The van der Waals surface area contributed by atoms with Gasteiger partial charge in [0.15, 0.2) is 0 Å². The maximum absolute atomic E-state index is 11.3. The minimum atomic E-state index is 0.330. The summed E-state index contributed by atoms with van der Waals surface area (Å²) < 4.78 is 10.4. The molecule has 2 rings (SSSR count). The second-order valence-electron chi connectivity index (χ2n) is 4.12. The number of Topliss-reactive ketones (excluding diaryl/α,β-unsaturated/α-hetero) is 1. The van der Waals surface area contributed by atoms with Crippen molar-refractivity contribution in [3.8, 4) is 11.5 Å². The Balaban J connectivity index is 2.29. The molecule has 1 aliphatic rings. The lowest BCUT2D eigenvalue weighted by Gasteiger charge is -2.12. The second-order valence-corrected chi connectivity index (χ2v) is 4.12. The Bertz CT molecular complexity index is 376. The van der Waals surface area contributed by atoms with Gasteiger partial charge in [0.25, 0.3) is 0 Å². The summed E-state index contributed by atoms with van der Waals surface area (Å²) in [5, 5.41) is 0. The Morgan fingerprint density at radius 2 is 1.75 bits per heavy atom. The largest absolute Gasteiger partial charge is 0.497 e. The molecule has 86 valence electrons. The monoisotopic (exact) mass is 220 g/mol. The van der Waals surface area contributed by atoms with Crippen LogP contribution >= 0.6 is 0 Å². The zero-order valence-corrected chi connectivity index (χ0v) is 9.66. The molecule has 1 saturated carbocycles. The van der Waals surface area contributed by atoms with Crippen molar-refractivity contribution in [1.82, 2.24) is 0 Å². The first-order valence-electron chi connectivity index (χ1n) is 5.47. The van der Waals surface area contributed by atoms with Crippen LogP contribution in [0.1, 0.15) is 30.7 Å². The molecule has 0 aliphatic heterocycles. The van der Waals surface area contributed by atoms with E-state index in [-0.39, 0.29) is 0 Å². The summed E-state index contributed by atoms with van der Waals surface area (Å²) in [4.78, 5) is 11.3. The van der Waals surface area contributed by atoms with Gasteiger partial charge in [-0.15, -0.1) is 0 Å². The fourth-order valence-electron chi connectivity index (χ4n) is 2.16. The van der Waals surface area contributed by atoms with Crippen LogP contribution in [0, 0.1) is 0 Å². The number of hydrogen-bond donors (Lipinski definition) is 0. The van der Waals surface area contributed by atoms with Gasteiger partial charge in [0.05, 0.1) is 14.2 Å². The van der Waals surface area contributed by atoms with Crippen molar-refractivity contribution in [3.63, 3.8) is 0 Å². The summed E-state index contributed by atoms with van der Waals surface area (Å²) in [6, 6.07) is 5.83. The first-order chi connectivity index (χ1) is 7.72. The van der Waals surface area contributed by atoms with Gasteiger partial charge < -0.3 is 9.47 Å². The Kier molecular flexibility index (Phi) is 3.13. The Hall–Kier alpha value is -1.51. The van der Waals surface area contributed by atoms with Crippen molar-refractivity contribution < 1.29 is 14.3 Å². The summed E-state index contributed by atoms with van der Waals surface area (Å²) in [7, 11) is 3.27. The maximum Gasteiger partial charge on any atom is 0.133 e. The van der Waals surface area contributed by atoms with Gasteiger partial charge in [-0.2, -0.15) is 0 Å². The van der Waals surface area contributed by atoms with Gasteiger partial charge in [0.2, 0.25) is 0 Å². The molecule has 1 aromatic rings. The normalized spacial score (nSPS) is 19.9. The minimum Gasteiger partial charge on any atom is -0.497 e. The molecule has 0 aromatic heterocycles. The lowest BCUT2D eigenvalue weighted by Crippen LogP contribution is -1.97. The highest BCUT2D eigenvalue weighted by Crippen LogP contribution is 2.35. The van der Waals surface area contributed by atoms with Crippen molar-refractivity contribution >= 4 is 5.78 Å². The number of benzene rings is 1. The number of rotatable bonds is 3. The number of hydrogen-bond acceptors (Lipinski definition) is 3. The van der Waals surface area contributed by atoms with Crippen molar-refractivity contribution in [2.24, 2.45) is 0 Å². The predicted molar refractivity (Wildman–Crippen MR) is 61.1 cm³/mol. The molecule has 3 nitrogen and oxygen atoms in total. The molecule has 0 spiro atoms. The minimum absolute atomic E-state index is 0.330. The van der Waals surface area contributed by atoms with E-state index in [1.54, 1.807) is 14.2 Å². The number of carbonyl (C=O) groups is 1. The van der Waals surface area contributed by atoms with E-state index in [9.17, 15) is 4.79 Å². The maximum atomic E-state index is 11.3. The third-order valence-electron chi connectivity index (χ3n) is 3.09. The Labute approximate surface area is 95.4 Å². The summed E-state index contributed by atoms with van der Waals surface area (Å²) in [5.41, 5.74) is 1.14. The molecular weight excluding hydrogens is 204 g/mol. The van der Waals surface area contributed by atoms with E-state index in [0.717, 1.165) is 23.5 Å². The number of methoxy groups -OCH3 is 2. The summed E-state index contributed by atoms with van der Waals surface area (Å²) in [6.07, 6.45) is 2.29. The van der Waals surface area contributed by atoms with Crippen LogP contribution in [0.15, 0.2) is 18.2 Å². The molecule has 1 atom stereocenters. The highest BCUT2D eigenvalue weighted by molar-refractivity contribution is 5.81. The smallest absolute Gasteiger partial charge is 0.133 e. The van der Waals surface area contributed by atoms with Crippen LogP contribution in [0.3, 0.4) is 0 Å². The first-order valence-corrected chi connectivity index (χ1v) is 5.47. The summed E-state index contributed by atoms with van der Waals surface area (Å²) in [6.45, 7) is 0. The van der Waals surface area contributed by atoms with Crippen LogP contribution in [0.5, 0.6) is 11.5 Å². The predicted octanol–water partition coefficient (Wildman–Crippen LogP) is 2.54. The van der Waals surface area contributed by atoms with E-state index < -0.39 is 0 Å². The molecular formula is C13H16O3. The fourth-order valence-corrected chi connectivity index (χ4v) is 2.16. The quantitative estimate of drug-likeness (QED) is 0.785. The molecule has 0 radical (unpaired) electrons. The van der Waals surface area contributed by atoms with Crippen LogP contribution in [0.2, 0.25) is 0 Å². The molecule has 0 heterocycles.